The van der Waals surface area contributed by atoms with Crippen LogP contribution in [0.25, 0.3) is 0 Å². The predicted octanol–water partition coefficient (Wildman–Crippen LogP) is 2.55. The van der Waals surface area contributed by atoms with Crippen LogP contribution in [0, 0.1) is 0 Å². The van der Waals surface area contributed by atoms with Crippen molar-refractivity contribution in [3.63, 3.8) is 0 Å². The van der Waals surface area contributed by atoms with Crippen molar-refractivity contribution in [3.05, 3.63) is 29.8 Å². The Balaban J connectivity index is 1.70. The van der Waals surface area contributed by atoms with Crippen LogP contribution < -0.4 is 10.6 Å². The van der Waals surface area contributed by atoms with E-state index in [0.717, 1.165) is 12.1 Å². The molecule has 1 fully saturated rings. The third kappa shape index (κ3) is 6.64. The van der Waals surface area contributed by atoms with Crippen molar-refractivity contribution in [3.8, 4) is 0 Å². The molecule has 116 valence electrons. The molecule has 0 aromatic heterocycles. The highest BCUT2D eigenvalue weighted by molar-refractivity contribution is 5.90. The van der Waals surface area contributed by atoms with Gasteiger partial charge in [0.15, 0.2) is 0 Å². The molecule has 0 saturated heterocycles. The molecule has 6 heteroatoms. The van der Waals surface area contributed by atoms with E-state index in [1.807, 2.05) is 18.2 Å². The molecule has 1 aromatic rings. The average Bonchev–Trinajstić information content (AvgIpc) is 3.26. The highest BCUT2D eigenvalue weighted by atomic mass is 19.3. The Morgan fingerprint density at radius 3 is 2.90 bits per heavy atom. The number of anilines is 1. The third-order valence-corrected chi connectivity index (χ3v) is 3.10. The summed E-state index contributed by atoms with van der Waals surface area (Å²) in [7, 11) is 0. The van der Waals surface area contributed by atoms with Crippen molar-refractivity contribution in [2.24, 2.45) is 0 Å². The maximum atomic E-state index is 11.9. The van der Waals surface area contributed by atoms with E-state index in [-0.39, 0.29) is 18.9 Å². The number of carbonyl (C=O) groups excluding carboxylic acids is 1. The molecule has 2 N–H and O–H groups in total. The van der Waals surface area contributed by atoms with Crippen molar-refractivity contribution in [2.75, 3.05) is 18.5 Å². The molecule has 4 nitrogen and oxygen atoms in total. The molecule has 21 heavy (non-hydrogen) atoms. The summed E-state index contributed by atoms with van der Waals surface area (Å²) < 4.78 is 28.4. The van der Waals surface area contributed by atoms with E-state index in [1.165, 1.54) is 12.8 Å². The van der Waals surface area contributed by atoms with Gasteiger partial charge in [-0.05, 0) is 30.5 Å². The zero-order chi connectivity index (χ0) is 15.1. The van der Waals surface area contributed by atoms with Gasteiger partial charge in [-0.1, -0.05) is 12.1 Å². The van der Waals surface area contributed by atoms with Gasteiger partial charge in [-0.25, -0.2) is 8.78 Å². The summed E-state index contributed by atoms with van der Waals surface area (Å²) >= 11 is 0. The van der Waals surface area contributed by atoms with Crippen molar-refractivity contribution >= 4 is 11.6 Å². The standard InChI is InChI=1S/C15H20F2N2O2/c16-14(17)10-21-7-6-15(20)19-13-3-1-2-11(8-13)9-18-12-4-5-12/h1-3,8,12,14,18H,4-7,9-10H2,(H,19,20). The van der Waals surface area contributed by atoms with Crippen LogP contribution in [0.2, 0.25) is 0 Å². The maximum absolute atomic E-state index is 11.9. The van der Waals surface area contributed by atoms with Crippen molar-refractivity contribution in [1.82, 2.24) is 5.32 Å². The highest BCUT2D eigenvalue weighted by Gasteiger charge is 2.19. The molecule has 1 aliphatic rings. The van der Waals surface area contributed by atoms with Crippen LogP contribution in [-0.4, -0.2) is 31.6 Å². The molecular formula is C15H20F2N2O2. The summed E-state index contributed by atoms with van der Waals surface area (Å²) in [5.74, 6) is -0.239. The number of ether oxygens (including phenoxy) is 1. The maximum Gasteiger partial charge on any atom is 0.261 e. The second-order valence-corrected chi connectivity index (χ2v) is 5.12. The van der Waals surface area contributed by atoms with Crippen molar-refractivity contribution in [1.29, 1.82) is 0 Å². The Morgan fingerprint density at radius 2 is 2.19 bits per heavy atom. The van der Waals surface area contributed by atoms with Crippen LogP contribution in [0.5, 0.6) is 0 Å². The minimum Gasteiger partial charge on any atom is -0.375 e. The third-order valence-electron chi connectivity index (χ3n) is 3.10. The molecule has 1 saturated carbocycles. The van der Waals surface area contributed by atoms with E-state index in [9.17, 15) is 13.6 Å². The number of halogens is 2. The topological polar surface area (TPSA) is 50.4 Å². The molecule has 1 amide bonds. The first-order chi connectivity index (χ1) is 10.1. The Bertz CT molecular complexity index is 465. The van der Waals surface area contributed by atoms with Gasteiger partial charge < -0.3 is 15.4 Å². The lowest BCUT2D eigenvalue weighted by Crippen LogP contribution is -2.17. The minimum absolute atomic E-state index is 0.000893. The normalized spacial score (nSPS) is 14.4. The Hall–Kier alpha value is -1.53. The van der Waals surface area contributed by atoms with Crippen molar-refractivity contribution in [2.45, 2.75) is 38.3 Å². The zero-order valence-corrected chi connectivity index (χ0v) is 11.8. The van der Waals surface area contributed by atoms with E-state index in [0.29, 0.717) is 11.7 Å². The summed E-state index contributed by atoms with van der Waals surface area (Å²) in [6.45, 7) is 0.153. The fourth-order valence-electron chi connectivity index (χ4n) is 1.87. The summed E-state index contributed by atoms with van der Waals surface area (Å²) in [6, 6.07) is 8.23. The average molecular weight is 298 g/mol. The number of amides is 1. The van der Waals surface area contributed by atoms with Crippen LogP contribution in [0.3, 0.4) is 0 Å². The number of hydrogen-bond acceptors (Lipinski definition) is 3. The molecule has 0 unspecified atom stereocenters. The number of carbonyl (C=O) groups is 1. The van der Waals surface area contributed by atoms with Gasteiger partial charge in [-0.2, -0.15) is 0 Å². The van der Waals surface area contributed by atoms with Gasteiger partial charge in [0.05, 0.1) is 13.0 Å². The van der Waals surface area contributed by atoms with E-state index in [2.05, 4.69) is 15.4 Å². The van der Waals surface area contributed by atoms with Gasteiger partial charge >= 0.3 is 0 Å². The smallest absolute Gasteiger partial charge is 0.261 e. The molecule has 0 heterocycles. The first-order valence-corrected chi connectivity index (χ1v) is 7.11. The van der Waals surface area contributed by atoms with Crippen LogP contribution in [-0.2, 0) is 16.1 Å². The fraction of sp³-hybridized carbons (Fsp3) is 0.533. The van der Waals surface area contributed by atoms with Crippen LogP contribution >= 0.6 is 0 Å². The summed E-state index contributed by atoms with van der Waals surface area (Å²) in [4.78, 5) is 11.7. The van der Waals surface area contributed by atoms with E-state index >= 15 is 0 Å². The molecule has 0 atom stereocenters. The van der Waals surface area contributed by atoms with Gasteiger partial charge in [0.25, 0.3) is 6.43 Å². The molecule has 0 aliphatic heterocycles. The molecule has 0 spiro atoms. The Morgan fingerprint density at radius 1 is 1.38 bits per heavy atom. The molecule has 0 bridgehead atoms. The number of benzene rings is 1. The Kier molecular flexibility index (Phi) is 6.07. The lowest BCUT2D eigenvalue weighted by molar-refractivity contribution is -0.117. The SMILES string of the molecule is O=C(CCOCC(F)F)Nc1cccc(CNC2CC2)c1. The minimum atomic E-state index is -2.50. The number of hydrogen-bond donors (Lipinski definition) is 2. The lowest BCUT2D eigenvalue weighted by atomic mass is 10.2. The summed E-state index contributed by atoms with van der Waals surface area (Å²) in [5.41, 5.74) is 1.82. The number of nitrogens with one attached hydrogen (secondary N) is 2. The number of alkyl halides is 2. The predicted molar refractivity (Wildman–Crippen MR) is 76.4 cm³/mol. The van der Waals surface area contributed by atoms with Gasteiger partial charge in [-0.3, -0.25) is 4.79 Å². The van der Waals surface area contributed by atoms with Gasteiger partial charge in [0, 0.05) is 18.3 Å². The quantitative estimate of drug-likeness (QED) is 0.689. The molecular weight excluding hydrogens is 278 g/mol. The number of rotatable bonds is 9. The van der Waals surface area contributed by atoms with Crippen LogP contribution in [0.15, 0.2) is 24.3 Å². The molecule has 0 radical (unpaired) electrons. The summed E-state index contributed by atoms with van der Waals surface area (Å²) in [6.07, 6.45) is 0.0326. The molecule has 1 aliphatic carbocycles. The molecule has 2 rings (SSSR count). The van der Waals surface area contributed by atoms with Crippen LogP contribution in [0.1, 0.15) is 24.8 Å². The monoisotopic (exact) mass is 298 g/mol. The highest BCUT2D eigenvalue weighted by Crippen LogP contribution is 2.20. The first-order valence-electron chi connectivity index (χ1n) is 7.11. The van der Waals surface area contributed by atoms with E-state index < -0.39 is 13.0 Å². The van der Waals surface area contributed by atoms with Gasteiger partial charge in [0.2, 0.25) is 5.91 Å². The second kappa shape index (κ2) is 8.05. The lowest BCUT2D eigenvalue weighted by Gasteiger charge is -2.08. The molecule has 1 aromatic carbocycles. The first kappa shape index (κ1) is 15.9. The second-order valence-electron chi connectivity index (χ2n) is 5.12. The summed E-state index contributed by atoms with van der Waals surface area (Å²) in [5, 5.41) is 6.14. The Labute approximate surface area is 122 Å². The van der Waals surface area contributed by atoms with Crippen molar-refractivity contribution < 1.29 is 18.3 Å². The zero-order valence-electron chi connectivity index (χ0n) is 11.8. The van der Waals surface area contributed by atoms with E-state index in [4.69, 9.17) is 0 Å². The van der Waals surface area contributed by atoms with E-state index in [1.54, 1.807) is 6.07 Å². The van der Waals surface area contributed by atoms with Gasteiger partial charge in [-0.15, -0.1) is 0 Å². The largest absolute Gasteiger partial charge is 0.375 e. The van der Waals surface area contributed by atoms with Gasteiger partial charge in [0.1, 0.15) is 6.61 Å². The van der Waals surface area contributed by atoms with Crippen LogP contribution in [0.4, 0.5) is 14.5 Å². The fourth-order valence-corrected chi connectivity index (χ4v) is 1.87.